The van der Waals surface area contributed by atoms with Gasteiger partial charge in [0.25, 0.3) is 5.91 Å². The predicted octanol–water partition coefficient (Wildman–Crippen LogP) is 2.97. The maximum atomic E-state index is 12.4. The lowest BCUT2D eigenvalue weighted by Gasteiger charge is -2.08. The number of methoxy groups -OCH3 is 1. The fourth-order valence-electron chi connectivity index (χ4n) is 2.79. The molecule has 0 saturated carbocycles. The number of ether oxygens (including phenoxy) is 1. The Morgan fingerprint density at radius 3 is 2.36 bits per heavy atom. The van der Waals surface area contributed by atoms with Crippen LogP contribution in [0.15, 0.2) is 48.5 Å². The molecule has 0 atom stereocenters. The topological polar surface area (TPSA) is 95.1 Å². The van der Waals surface area contributed by atoms with Gasteiger partial charge in [-0.3, -0.25) is 4.79 Å². The number of carbonyl (C=O) groups is 1. The van der Waals surface area contributed by atoms with Crippen LogP contribution in [0.4, 0.5) is 5.82 Å². The molecule has 0 unspecified atom stereocenters. The molecular formula is C21H25N5O2. The van der Waals surface area contributed by atoms with Gasteiger partial charge in [0.05, 0.1) is 13.7 Å². The number of nitrogens with two attached hydrogens (primary N) is 1. The number of nitrogen functional groups attached to an aromatic ring is 1. The molecule has 146 valence electrons. The first-order valence-corrected chi connectivity index (χ1v) is 9.17. The van der Waals surface area contributed by atoms with Gasteiger partial charge in [-0.25, -0.2) is 4.68 Å². The van der Waals surface area contributed by atoms with Gasteiger partial charge in [0.15, 0.2) is 11.5 Å². The predicted molar refractivity (Wildman–Crippen MR) is 108 cm³/mol. The second kappa shape index (κ2) is 8.56. The number of hydrogen-bond acceptors (Lipinski definition) is 5. The van der Waals surface area contributed by atoms with Gasteiger partial charge in [0.1, 0.15) is 5.75 Å². The summed E-state index contributed by atoms with van der Waals surface area (Å²) in [6, 6.07) is 15.7. The molecule has 28 heavy (non-hydrogen) atoms. The number of rotatable bonds is 7. The maximum Gasteiger partial charge on any atom is 0.275 e. The highest BCUT2D eigenvalue weighted by Gasteiger charge is 2.17. The first kappa shape index (κ1) is 19.4. The standard InChI is InChI=1S/C21H25N5O2/c1-14(2)17-8-4-16(5-9-17)13-26-20(22)19(24-25-26)21(27)23-12-15-6-10-18(28-3)11-7-15/h4-11,14H,12-13,22H2,1-3H3,(H,23,27). The second-order valence-electron chi connectivity index (χ2n) is 6.91. The Labute approximate surface area is 164 Å². The number of benzene rings is 2. The van der Waals surface area contributed by atoms with Crippen molar-refractivity contribution in [1.82, 2.24) is 20.3 Å². The van der Waals surface area contributed by atoms with E-state index in [0.29, 0.717) is 19.0 Å². The third kappa shape index (κ3) is 4.49. The maximum absolute atomic E-state index is 12.4. The molecule has 0 aliphatic heterocycles. The van der Waals surface area contributed by atoms with Gasteiger partial charge in [0, 0.05) is 6.54 Å². The van der Waals surface area contributed by atoms with Crippen LogP contribution in [0, 0.1) is 0 Å². The molecule has 1 heterocycles. The Hall–Kier alpha value is -3.35. The minimum atomic E-state index is -0.352. The molecular weight excluding hydrogens is 354 g/mol. The molecule has 0 spiro atoms. The van der Waals surface area contributed by atoms with E-state index in [0.717, 1.165) is 16.9 Å². The molecule has 3 rings (SSSR count). The number of amides is 1. The summed E-state index contributed by atoms with van der Waals surface area (Å²) in [4.78, 5) is 12.4. The molecule has 1 amide bonds. The Morgan fingerprint density at radius 2 is 1.75 bits per heavy atom. The van der Waals surface area contributed by atoms with E-state index < -0.39 is 0 Å². The van der Waals surface area contributed by atoms with Gasteiger partial charge in [-0.1, -0.05) is 55.5 Å². The number of aromatic nitrogens is 3. The highest BCUT2D eigenvalue weighted by molar-refractivity contribution is 5.96. The van der Waals surface area contributed by atoms with Crippen LogP contribution < -0.4 is 15.8 Å². The molecule has 3 aromatic rings. The first-order chi connectivity index (χ1) is 13.5. The second-order valence-corrected chi connectivity index (χ2v) is 6.91. The Balaban J connectivity index is 1.63. The van der Waals surface area contributed by atoms with Crippen molar-refractivity contribution in [3.63, 3.8) is 0 Å². The zero-order valence-corrected chi connectivity index (χ0v) is 16.3. The van der Waals surface area contributed by atoms with Crippen LogP contribution in [-0.4, -0.2) is 28.0 Å². The lowest BCUT2D eigenvalue weighted by molar-refractivity contribution is 0.0946. The Kier molecular flexibility index (Phi) is 5.93. The third-order valence-electron chi connectivity index (χ3n) is 4.58. The summed E-state index contributed by atoms with van der Waals surface area (Å²) in [6.45, 7) is 5.14. The van der Waals surface area contributed by atoms with Gasteiger partial charge >= 0.3 is 0 Å². The van der Waals surface area contributed by atoms with E-state index in [1.54, 1.807) is 7.11 Å². The third-order valence-corrected chi connectivity index (χ3v) is 4.58. The van der Waals surface area contributed by atoms with E-state index >= 15 is 0 Å². The zero-order valence-electron chi connectivity index (χ0n) is 16.3. The summed E-state index contributed by atoms with van der Waals surface area (Å²) in [5.74, 6) is 1.14. The van der Waals surface area contributed by atoms with E-state index in [4.69, 9.17) is 10.5 Å². The summed E-state index contributed by atoms with van der Waals surface area (Å²) in [5.41, 5.74) is 9.50. The van der Waals surface area contributed by atoms with Crippen molar-refractivity contribution in [3.05, 3.63) is 70.9 Å². The number of anilines is 1. The van der Waals surface area contributed by atoms with Gasteiger partial charge in [-0.15, -0.1) is 5.10 Å². The quantitative estimate of drug-likeness (QED) is 0.658. The van der Waals surface area contributed by atoms with E-state index in [9.17, 15) is 4.79 Å². The van der Waals surface area contributed by atoms with E-state index in [1.807, 2.05) is 36.4 Å². The van der Waals surface area contributed by atoms with E-state index in [1.165, 1.54) is 10.2 Å². The van der Waals surface area contributed by atoms with Gasteiger partial charge in [0.2, 0.25) is 0 Å². The first-order valence-electron chi connectivity index (χ1n) is 9.17. The van der Waals surface area contributed by atoms with Crippen molar-refractivity contribution in [2.75, 3.05) is 12.8 Å². The summed E-state index contributed by atoms with van der Waals surface area (Å²) >= 11 is 0. The van der Waals surface area contributed by atoms with Crippen LogP contribution in [0.1, 0.15) is 46.9 Å². The molecule has 7 nitrogen and oxygen atoms in total. The molecule has 7 heteroatoms. The molecule has 0 bridgehead atoms. The van der Waals surface area contributed by atoms with Gasteiger partial charge < -0.3 is 15.8 Å². The summed E-state index contributed by atoms with van der Waals surface area (Å²) < 4.78 is 6.66. The molecule has 2 aromatic carbocycles. The summed E-state index contributed by atoms with van der Waals surface area (Å²) in [7, 11) is 1.61. The zero-order chi connectivity index (χ0) is 20.1. The lowest BCUT2D eigenvalue weighted by Crippen LogP contribution is -2.24. The van der Waals surface area contributed by atoms with E-state index in [-0.39, 0.29) is 17.4 Å². The van der Waals surface area contributed by atoms with Gasteiger partial charge in [-0.05, 0) is 34.7 Å². The summed E-state index contributed by atoms with van der Waals surface area (Å²) in [5, 5.41) is 10.8. The number of nitrogens with zero attached hydrogens (tertiary/aromatic N) is 3. The normalized spacial score (nSPS) is 10.9. The number of nitrogens with one attached hydrogen (secondary N) is 1. The molecule has 0 aliphatic rings. The minimum absolute atomic E-state index is 0.132. The molecule has 0 fully saturated rings. The van der Waals surface area contributed by atoms with Crippen molar-refractivity contribution in [3.8, 4) is 5.75 Å². The Morgan fingerprint density at radius 1 is 1.11 bits per heavy atom. The highest BCUT2D eigenvalue weighted by Crippen LogP contribution is 2.17. The van der Waals surface area contributed by atoms with Crippen LogP contribution >= 0.6 is 0 Å². The van der Waals surface area contributed by atoms with Crippen LogP contribution in [0.2, 0.25) is 0 Å². The largest absolute Gasteiger partial charge is 0.497 e. The minimum Gasteiger partial charge on any atom is -0.497 e. The Bertz CT molecular complexity index is 930. The monoisotopic (exact) mass is 379 g/mol. The molecule has 1 aromatic heterocycles. The SMILES string of the molecule is COc1ccc(CNC(=O)c2nnn(Cc3ccc(C(C)C)cc3)c2N)cc1. The van der Waals surface area contributed by atoms with Crippen LogP contribution in [-0.2, 0) is 13.1 Å². The summed E-state index contributed by atoms with van der Waals surface area (Å²) in [6.07, 6.45) is 0. The molecule has 0 aliphatic carbocycles. The van der Waals surface area contributed by atoms with E-state index in [2.05, 4.69) is 41.6 Å². The average Bonchev–Trinajstić information content (AvgIpc) is 3.07. The van der Waals surface area contributed by atoms with Gasteiger partial charge in [-0.2, -0.15) is 0 Å². The van der Waals surface area contributed by atoms with Crippen molar-refractivity contribution < 1.29 is 9.53 Å². The molecule has 3 N–H and O–H groups in total. The van der Waals surface area contributed by atoms with Crippen LogP contribution in [0.25, 0.3) is 0 Å². The molecule has 0 saturated heterocycles. The fourth-order valence-corrected chi connectivity index (χ4v) is 2.79. The van der Waals surface area contributed by atoms with Crippen LogP contribution in [0.3, 0.4) is 0 Å². The fraction of sp³-hybridized carbons (Fsp3) is 0.286. The van der Waals surface area contributed by atoms with Crippen molar-refractivity contribution >= 4 is 11.7 Å². The molecule has 0 radical (unpaired) electrons. The average molecular weight is 379 g/mol. The highest BCUT2D eigenvalue weighted by atomic mass is 16.5. The van der Waals surface area contributed by atoms with Crippen LogP contribution in [0.5, 0.6) is 5.75 Å². The van der Waals surface area contributed by atoms with Crippen molar-refractivity contribution in [2.45, 2.75) is 32.9 Å². The lowest BCUT2D eigenvalue weighted by atomic mass is 10.0. The van der Waals surface area contributed by atoms with Crippen molar-refractivity contribution in [1.29, 1.82) is 0 Å². The smallest absolute Gasteiger partial charge is 0.275 e. The number of carbonyl (C=O) groups excluding carboxylic acids is 1. The number of hydrogen-bond donors (Lipinski definition) is 2. The van der Waals surface area contributed by atoms with Crippen molar-refractivity contribution in [2.24, 2.45) is 0 Å².